The van der Waals surface area contributed by atoms with Gasteiger partial charge in [-0.15, -0.1) is 0 Å². The smallest absolute Gasteiger partial charge is 0.169 e. The van der Waals surface area contributed by atoms with Crippen molar-refractivity contribution < 1.29 is 23.0 Å². The number of halogens is 2. The molecule has 2 heterocycles. The Hall–Kier alpha value is -1.33. The average Bonchev–Trinajstić information content (AvgIpc) is 2.86. The minimum absolute atomic E-state index is 0.0348. The fourth-order valence-electron chi connectivity index (χ4n) is 3.02. The first-order chi connectivity index (χ1) is 9.60. The molecular formula is C15H16F2O3. The number of carbonyl (C=O) groups excluding carboxylic acids is 1. The lowest BCUT2D eigenvalue weighted by Crippen LogP contribution is -2.42. The van der Waals surface area contributed by atoms with Crippen LogP contribution in [0.5, 0.6) is 0 Å². The second-order valence-electron chi connectivity index (χ2n) is 5.51. The second-order valence-corrected chi connectivity index (χ2v) is 5.51. The summed E-state index contributed by atoms with van der Waals surface area (Å²) in [6, 6.07) is 3.09. The average molecular weight is 282 g/mol. The summed E-state index contributed by atoms with van der Waals surface area (Å²) in [6.07, 6.45) is 1.88. The Bertz CT molecular complexity index is 524. The van der Waals surface area contributed by atoms with Crippen molar-refractivity contribution in [1.29, 1.82) is 0 Å². The molecule has 1 spiro atoms. The molecule has 20 heavy (non-hydrogen) atoms. The lowest BCUT2D eigenvalue weighted by molar-refractivity contribution is -0.0921. The molecule has 1 aromatic carbocycles. The summed E-state index contributed by atoms with van der Waals surface area (Å²) in [5.74, 6) is -2.02. The number of ether oxygens (including phenoxy) is 2. The number of rotatable bonds is 2. The lowest BCUT2D eigenvalue weighted by Gasteiger charge is -2.36. The minimum Gasteiger partial charge on any atom is -0.378 e. The molecule has 2 unspecified atom stereocenters. The van der Waals surface area contributed by atoms with Gasteiger partial charge in [0.15, 0.2) is 5.78 Å². The minimum atomic E-state index is -0.793. The zero-order chi connectivity index (χ0) is 14.2. The zero-order valence-electron chi connectivity index (χ0n) is 11.0. The van der Waals surface area contributed by atoms with Crippen molar-refractivity contribution in [2.75, 3.05) is 19.8 Å². The monoisotopic (exact) mass is 282 g/mol. The highest BCUT2D eigenvalue weighted by molar-refractivity contribution is 5.98. The van der Waals surface area contributed by atoms with Crippen molar-refractivity contribution in [2.24, 2.45) is 5.92 Å². The second kappa shape index (κ2) is 5.22. The van der Waals surface area contributed by atoms with Gasteiger partial charge in [0.2, 0.25) is 0 Å². The van der Waals surface area contributed by atoms with Crippen molar-refractivity contribution in [1.82, 2.24) is 0 Å². The standard InChI is InChI=1S/C15H16F2O3/c16-11-1-2-12(13(17)7-11)14(18)10-3-5-20-15(8-10)4-6-19-9-15/h1-2,7,10H,3-6,8-9H2. The van der Waals surface area contributed by atoms with E-state index in [1.54, 1.807) is 0 Å². The van der Waals surface area contributed by atoms with E-state index in [9.17, 15) is 13.6 Å². The van der Waals surface area contributed by atoms with Gasteiger partial charge in [-0.2, -0.15) is 0 Å². The Morgan fingerprint density at radius 1 is 1.30 bits per heavy atom. The SMILES string of the molecule is O=C(c1ccc(F)cc1F)C1CCOC2(CCOC2)C1. The first-order valence-electron chi connectivity index (χ1n) is 6.81. The number of ketones is 1. The van der Waals surface area contributed by atoms with Gasteiger partial charge in [-0.1, -0.05) is 0 Å². The van der Waals surface area contributed by atoms with Gasteiger partial charge in [-0.05, 0) is 25.0 Å². The maximum Gasteiger partial charge on any atom is 0.169 e. The zero-order valence-corrected chi connectivity index (χ0v) is 11.0. The third-order valence-electron chi connectivity index (χ3n) is 4.13. The van der Waals surface area contributed by atoms with Crippen LogP contribution in [0.1, 0.15) is 29.6 Å². The molecule has 0 radical (unpaired) electrons. The van der Waals surface area contributed by atoms with Crippen LogP contribution in [0, 0.1) is 17.6 Å². The summed E-state index contributed by atoms with van der Waals surface area (Å²) < 4.78 is 37.7. The van der Waals surface area contributed by atoms with Gasteiger partial charge in [-0.25, -0.2) is 8.78 Å². The Kier molecular flexibility index (Phi) is 3.56. The van der Waals surface area contributed by atoms with Gasteiger partial charge in [0.1, 0.15) is 11.6 Å². The summed E-state index contributed by atoms with van der Waals surface area (Å²) in [6.45, 7) is 1.59. The van der Waals surface area contributed by atoms with Crippen molar-refractivity contribution in [3.63, 3.8) is 0 Å². The van der Waals surface area contributed by atoms with Crippen LogP contribution < -0.4 is 0 Å². The van der Waals surface area contributed by atoms with E-state index in [1.807, 2.05) is 0 Å². The van der Waals surface area contributed by atoms with Crippen molar-refractivity contribution in [2.45, 2.75) is 24.9 Å². The molecule has 2 aliphatic heterocycles. The molecule has 0 bridgehead atoms. The molecular weight excluding hydrogens is 266 g/mol. The number of carbonyl (C=O) groups is 1. The molecule has 2 saturated heterocycles. The Balaban J connectivity index is 1.79. The van der Waals surface area contributed by atoms with Gasteiger partial charge in [-0.3, -0.25) is 4.79 Å². The van der Waals surface area contributed by atoms with E-state index in [4.69, 9.17) is 9.47 Å². The fourth-order valence-corrected chi connectivity index (χ4v) is 3.02. The van der Waals surface area contributed by atoms with Gasteiger partial charge in [0, 0.05) is 31.6 Å². The number of Topliss-reactive ketones (excluding diaryl/α,β-unsaturated/α-hetero) is 1. The van der Waals surface area contributed by atoms with E-state index in [-0.39, 0.29) is 17.3 Å². The highest BCUT2D eigenvalue weighted by atomic mass is 19.1. The molecule has 3 rings (SSSR count). The Morgan fingerprint density at radius 3 is 2.85 bits per heavy atom. The summed E-state index contributed by atoms with van der Waals surface area (Å²) >= 11 is 0. The van der Waals surface area contributed by atoms with E-state index in [0.717, 1.165) is 18.6 Å². The highest BCUT2D eigenvalue weighted by Crippen LogP contribution is 2.37. The molecule has 1 aromatic rings. The molecule has 0 amide bonds. The number of hydrogen-bond acceptors (Lipinski definition) is 3. The van der Waals surface area contributed by atoms with Gasteiger partial charge >= 0.3 is 0 Å². The highest BCUT2D eigenvalue weighted by Gasteiger charge is 2.43. The Labute approximate surface area is 115 Å². The van der Waals surface area contributed by atoms with E-state index >= 15 is 0 Å². The summed E-state index contributed by atoms with van der Waals surface area (Å²) in [5.41, 5.74) is -0.429. The third kappa shape index (κ3) is 2.47. The van der Waals surface area contributed by atoms with Crippen molar-refractivity contribution in [3.05, 3.63) is 35.4 Å². The van der Waals surface area contributed by atoms with Gasteiger partial charge in [0.25, 0.3) is 0 Å². The van der Waals surface area contributed by atoms with E-state index in [1.165, 1.54) is 6.07 Å². The van der Waals surface area contributed by atoms with E-state index < -0.39 is 17.2 Å². The molecule has 0 aliphatic carbocycles. The predicted molar refractivity (Wildman–Crippen MR) is 67.5 cm³/mol. The van der Waals surface area contributed by atoms with Crippen LogP contribution in [-0.2, 0) is 9.47 Å². The molecule has 2 atom stereocenters. The Morgan fingerprint density at radius 2 is 2.15 bits per heavy atom. The topological polar surface area (TPSA) is 35.5 Å². The largest absolute Gasteiger partial charge is 0.378 e. The van der Waals surface area contributed by atoms with Crippen LogP contribution in [0.4, 0.5) is 8.78 Å². The first-order valence-corrected chi connectivity index (χ1v) is 6.81. The van der Waals surface area contributed by atoms with Gasteiger partial charge < -0.3 is 9.47 Å². The van der Waals surface area contributed by atoms with Crippen molar-refractivity contribution in [3.8, 4) is 0 Å². The number of benzene rings is 1. The van der Waals surface area contributed by atoms with Crippen LogP contribution >= 0.6 is 0 Å². The fraction of sp³-hybridized carbons (Fsp3) is 0.533. The quantitative estimate of drug-likeness (QED) is 0.782. The molecule has 0 N–H and O–H groups in total. The predicted octanol–water partition coefficient (Wildman–Crippen LogP) is 2.73. The normalized spacial score (nSPS) is 29.8. The maximum atomic E-state index is 13.7. The van der Waals surface area contributed by atoms with Gasteiger partial charge in [0.05, 0.1) is 17.8 Å². The molecule has 2 fully saturated rings. The van der Waals surface area contributed by atoms with Crippen LogP contribution in [0.15, 0.2) is 18.2 Å². The van der Waals surface area contributed by atoms with E-state index in [2.05, 4.69) is 0 Å². The van der Waals surface area contributed by atoms with Crippen LogP contribution in [0.3, 0.4) is 0 Å². The molecule has 5 heteroatoms. The first kappa shape index (κ1) is 13.6. The molecule has 2 aliphatic rings. The molecule has 0 aromatic heterocycles. The van der Waals surface area contributed by atoms with Crippen LogP contribution in [-0.4, -0.2) is 31.2 Å². The maximum absolute atomic E-state index is 13.7. The summed E-state index contributed by atoms with van der Waals surface area (Å²) in [4.78, 5) is 12.4. The number of hydrogen-bond donors (Lipinski definition) is 0. The molecule has 108 valence electrons. The summed E-state index contributed by atoms with van der Waals surface area (Å²) in [5, 5.41) is 0. The van der Waals surface area contributed by atoms with Crippen molar-refractivity contribution >= 4 is 5.78 Å². The van der Waals surface area contributed by atoms with E-state index in [0.29, 0.717) is 32.7 Å². The lowest BCUT2D eigenvalue weighted by atomic mass is 9.81. The van der Waals surface area contributed by atoms with Crippen LogP contribution in [0.2, 0.25) is 0 Å². The third-order valence-corrected chi connectivity index (χ3v) is 4.13. The summed E-state index contributed by atoms with van der Waals surface area (Å²) in [7, 11) is 0. The molecule has 0 saturated carbocycles. The molecule has 3 nitrogen and oxygen atoms in total. The van der Waals surface area contributed by atoms with Crippen LogP contribution in [0.25, 0.3) is 0 Å².